The Morgan fingerprint density at radius 1 is 1.03 bits per heavy atom. The van der Waals surface area contributed by atoms with E-state index in [1.807, 2.05) is 54.6 Å². The lowest BCUT2D eigenvalue weighted by Gasteiger charge is -2.15. The first-order valence-corrected chi connectivity index (χ1v) is 11.0. The Labute approximate surface area is 195 Å². The van der Waals surface area contributed by atoms with E-state index in [1.165, 1.54) is 19.8 Å². The monoisotopic (exact) mass is 457 g/mol. The second kappa shape index (κ2) is 16.1. The molecule has 8 nitrogen and oxygen atoms in total. The van der Waals surface area contributed by atoms with Crippen LogP contribution in [0.25, 0.3) is 0 Å². The van der Waals surface area contributed by atoms with Gasteiger partial charge in [0.2, 0.25) is 0 Å². The highest BCUT2D eigenvalue weighted by Gasteiger charge is 2.21. The van der Waals surface area contributed by atoms with Crippen LogP contribution in [-0.4, -0.2) is 35.7 Å². The molecule has 8 heteroatoms. The molecular formula is C25H35N3O5. The number of rotatable bonds is 12. The van der Waals surface area contributed by atoms with E-state index in [4.69, 9.17) is 20.6 Å². The maximum atomic E-state index is 12.0. The lowest BCUT2D eigenvalue weighted by atomic mass is 10.1. The first-order valence-electron chi connectivity index (χ1n) is 11.0. The molecule has 2 aromatic carbocycles. The van der Waals surface area contributed by atoms with Gasteiger partial charge in [0.25, 0.3) is 0 Å². The Hall–Kier alpha value is -3.55. The quantitative estimate of drug-likeness (QED) is 0.210. The fourth-order valence-electron chi connectivity index (χ4n) is 2.78. The Bertz CT molecular complexity index is 837. The van der Waals surface area contributed by atoms with Gasteiger partial charge in [0, 0.05) is 6.42 Å². The van der Waals surface area contributed by atoms with Crippen LogP contribution >= 0.6 is 0 Å². The zero-order chi connectivity index (χ0) is 24.5. The molecular weight excluding hydrogens is 422 g/mol. The van der Waals surface area contributed by atoms with Crippen molar-refractivity contribution in [1.82, 2.24) is 5.32 Å². The number of carboxylic acid groups (broad SMARTS) is 1. The van der Waals surface area contributed by atoms with Crippen LogP contribution in [0.15, 0.2) is 54.6 Å². The summed E-state index contributed by atoms with van der Waals surface area (Å²) in [6.07, 6.45) is 3.97. The van der Waals surface area contributed by atoms with E-state index in [0.717, 1.165) is 29.7 Å². The number of amidine groups is 1. The van der Waals surface area contributed by atoms with Crippen molar-refractivity contribution >= 4 is 17.9 Å². The third-order valence-electron chi connectivity index (χ3n) is 4.43. The molecule has 0 aromatic heterocycles. The van der Waals surface area contributed by atoms with E-state index in [-0.39, 0.29) is 18.9 Å². The third kappa shape index (κ3) is 13.5. The standard InChI is InChI=1S/C23H29NO5.C2H6N2/c1-2-3-4-8-15-28-20-13-11-18(12-14-20)16-21(22(25)26)24-23(27)29-17-19-9-6-5-7-10-19;1-2(3)4/h5-7,9-14,21H,2-4,8,15-17H2,1H3,(H,24,27)(H,25,26);1H3,(H3,3,4)/t21-;/m0./s1. The molecule has 0 aliphatic heterocycles. The van der Waals surface area contributed by atoms with Gasteiger partial charge in [-0.3, -0.25) is 5.41 Å². The van der Waals surface area contributed by atoms with Crippen LogP contribution in [0.1, 0.15) is 50.7 Å². The van der Waals surface area contributed by atoms with Crippen molar-refractivity contribution in [3.05, 3.63) is 65.7 Å². The summed E-state index contributed by atoms with van der Waals surface area (Å²) < 4.78 is 10.8. The molecule has 1 atom stereocenters. The average Bonchev–Trinajstić information content (AvgIpc) is 2.78. The number of carboxylic acids is 1. The van der Waals surface area contributed by atoms with Crippen LogP contribution < -0.4 is 15.8 Å². The highest BCUT2D eigenvalue weighted by molar-refractivity contribution is 5.80. The highest BCUT2D eigenvalue weighted by atomic mass is 16.5. The number of nitrogens with two attached hydrogens (primary N) is 1. The number of nitrogens with one attached hydrogen (secondary N) is 2. The number of unbranched alkanes of at least 4 members (excludes halogenated alkanes) is 3. The summed E-state index contributed by atoms with van der Waals surface area (Å²) in [6.45, 7) is 4.46. The number of benzene rings is 2. The van der Waals surface area contributed by atoms with Gasteiger partial charge in [-0.25, -0.2) is 9.59 Å². The Morgan fingerprint density at radius 3 is 2.24 bits per heavy atom. The number of hydrogen-bond acceptors (Lipinski definition) is 5. The fraction of sp³-hybridized carbons (Fsp3) is 0.400. The van der Waals surface area contributed by atoms with Crippen molar-refractivity contribution in [2.75, 3.05) is 6.61 Å². The highest BCUT2D eigenvalue weighted by Crippen LogP contribution is 2.14. The molecule has 0 fully saturated rings. The second-order valence-corrected chi connectivity index (χ2v) is 7.54. The molecule has 2 aromatic rings. The van der Waals surface area contributed by atoms with Crippen molar-refractivity contribution in [3.8, 4) is 5.75 Å². The van der Waals surface area contributed by atoms with Gasteiger partial charge in [0.1, 0.15) is 18.4 Å². The van der Waals surface area contributed by atoms with E-state index in [0.29, 0.717) is 6.61 Å². The molecule has 0 heterocycles. The summed E-state index contributed by atoms with van der Waals surface area (Å²) in [5, 5.41) is 18.1. The summed E-state index contributed by atoms with van der Waals surface area (Å²) in [7, 11) is 0. The number of ether oxygens (including phenoxy) is 2. The number of amides is 1. The summed E-state index contributed by atoms with van der Waals surface area (Å²) in [4.78, 5) is 23.5. The average molecular weight is 458 g/mol. The Balaban J connectivity index is 0.00000125. The zero-order valence-electron chi connectivity index (χ0n) is 19.4. The summed E-state index contributed by atoms with van der Waals surface area (Å²) >= 11 is 0. The largest absolute Gasteiger partial charge is 0.494 e. The fourth-order valence-corrected chi connectivity index (χ4v) is 2.78. The van der Waals surface area contributed by atoms with Crippen molar-refractivity contribution in [3.63, 3.8) is 0 Å². The SMILES string of the molecule is CC(=N)N.CCCCCCOc1ccc(C[C@H](NC(=O)OCc2ccccc2)C(=O)O)cc1. The van der Waals surface area contributed by atoms with Crippen LogP contribution in [0.5, 0.6) is 5.75 Å². The minimum absolute atomic E-state index is 0.0866. The third-order valence-corrected chi connectivity index (χ3v) is 4.43. The molecule has 5 N–H and O–H groups in total. The number of alkyl carbamates (subject to hydrolysis) is 1. The van der Waals surface area contributed by atoms with E-state index in [9.17, 15) is 14.7 Å². The van der Waals surface area contributed by atoms with Gasteiger partial charge in [-0.15, -0.1) is 0 Å². The van der Waals surface area contributed by atoms with Gasteiger partial charge in [-0.05, 0) is 36.6 Å². The zero-order valence-corrected chi connectivity index (χ0v) is 19.4. The molecule has 2 rings (SSSR count). The normalized spacial score (nSPS) is 10.8. The summed E-state index contributed by atoms with van der Waals surface area (Å²) in [6, 6.07) is 15.4. The molecule has 0 aliphatic carbocycles. The summed E-state index contributed by atoms with van der Waals surface area (Å²) in [5.41, 5.74) is 6.32. The lowest BCUT2D eigenvalue weighted by Crippen LogP contribution is -2.42. The molecule has 180 valence electrons. The van der Waals surface area contributed by atoms with Gasteiger partial charge in [-0.1, -0.05) is 68.7 Å². The number of hydrogen-bond donors (Lipinski definition) is 4. The molecule has 0 radical (unpaired) electrons. The molecule has 0 bridgehead atoms. The maximum Gasteiger partial charge on any atom is 0.408 e. The molecule has 0 saturated carbocycles. The predicted molar refractivity (Wildman–Crippen MR) is 129 cm³/mol. The predicted octanol–water partition coefficient (Wildman–Crippen LogP) is 4.51. The van der Waals surface area contributed by atoms with Crippen molar-refractivity contribution < 1.29 is 24.2 Å². The van der Waals surface area contributed by atoms with Gasteiger partial charge in [-0.2, -0.15) is 0 Å². The number of carbonyl (C=O) groups is 2. The van der Waals surface area contributed by atoms with E-state index in [1.54, 1.807) is 0 Å². The van der Waals surface area contributed by atoms with Crippen LogP contribution in [0.2, 0.25) is 0 Å². The van der Waals surface area contributed by atoms with Crippen molar-refractivity contribution in [2.45, 2.75) is 58.6 Å². The maximum absolute atomic E-state index is 12.0. The smallest absolute Gasteiger partial charge is 0.408 e. The van der Waals surface area contributed by atoms with Crippen LogP contribution in [-0.2, 0) is 22.6 Å². The second-order valence-electron chi connectivity index (χ2n) is 7.54. The first-order chi connectivity index (χ1) is 15.8. The van der Waals surface area contributed by atoms with E-state index < -0.39 is 18.1 Å². The molecule has 0 saturated heterocycles. The molecule has 0 aliphatic rings. The first kappa shape index (κ1) is 27.5. The molecule has 0 unspecified atom stereocenters. The molecule has 0 spiro atoms. The van der Waals surface area contributed by atoms with Crippen LogP contribution in [0.3, 0.4) is 0 Å². The van der Waals surface area contributed by atoms with Crippen LogP contribution in [0.4, 0.5) is 4.79 Å². The van der Waals surface area contributed by atoms with E-state index >= 15 is 0 Å². The van der Waals surface area contributed by atoms with Gasteiger partial charge >= 0.3 is 12.1 Å². The van der Waals surface area contributed by atoms with Crippen LogP contribution in [0, 0.1) is 5.41 Å². The van der Waals surface area contributed by atoms with Crippen molar-refractivity contribution in [1.29, 1.82) is 5.41 Å². The van der Waals surface area contributed by atoms with Crippen molar-refractivity contribution in [2.24, 2.45) is 5.73 Å². The van der Waals surface area contributed by atoms with Gasteiger partial charge in [0.05, 0.1) is 12.4 Å². The minimum Gasteiger partial charge on any atom is -0.494 e. The number of carbonyl (C=O) groups excluding carboxylic acids is 1. The lowest BCUT2D eigenvalue weighted by molar-refractivity contribution is -0.139. The Kier molecular flexibility index (Phi) is 13.4. The molecule has 1 amide bonds. The van der Waals surface area contributed by atoms with E-state index in [2.05, 4.69) is 12.2 Å². The summed E-state index contributed by atoms with van der Waals surface area (Å²) in [5.74, 6) is -0.190. The Morgan fingerprint density at radius 2 is 1.67 bits per heavy atom. The van der Waals surface area contributed by atoms with Gasteiger partial charge < -0.3 is 25.6 Å². The van der Waals surface area contributed by atoms with Gasteiger partial charge in [0.15, 0.2) is 0 Å². The topological polar surface area (TPSA) is 135 Å². The molecule has 33 heavy (non-hydrogen) atoms. The minimum atomic E-state index is -1.11. The number of aliphatic carboxylic acids is 1.